The van der Waals surface area contributed by atoms with Gasteiger partial charge in [-0.05, 0) is 25.2 Å². The third-order valence-corrected chi connectivity index (χ3v) is 4.37. The van der Waals surface area contributed by atoms with Gasteiger partial charge in [0, 0.05) is 44.6 Å². The first-order chi connectivity index (χ1) is 11.8. The highest BCUT2D eigenvalue weighted by Gasteiger charge is 2.35. The van der Waals surface area contributed by atoms with Crippen molar-refractivity contribution in [2.45, 2.75) is 60.5 Å². The van der Waals surface area contributed by atoms with Gasteiger partial charge in [-0.25, -0.2) is 0 Å². The standard InChI is InChI=1S/C19H38N4O2/c1-7-20-18(22-11-10-21-17(24)14(2)3)23-13-15-9-8-12-25-16(15)19(4,5)6/h14-16H,7-13H2,1-6H3,(H,21,24)(H2,20,22,23). The summed E-state index contributed by atoms with van der Waals surface area (Å²) in [5, 5.41) is 9.47. The number of carbonyl (C=O) groups is 1. The van der Waals surface area contributed by atoms with Gasteiger partial charge in [0.15, 0.2) is 5.96 Å². The number of nitrogens with zero attached hydrogens (tertiary/aromatic N) is 1. The van der Waals surface area contributed by atoms with Crippen LogP contribution < -0.4 is 16.0 Å². The van der Waals surface area contributed by atoms with Crippen LogP contribution >= 0.6 is 0 Å². The minimum atomic E-state index is 0.0162. The van der Waals surface area contributed by atoms with Crippen molar-refractivity contribution in [2.24, 2.45) is 22.2 Å². The molecule has 0 aliphatic carbocycles. The summed E-state index contributed by atoms with van der Waals surface area (Å²) in [4.78, 5) is 16.3. The molecular formula is C19H38N4O2. The Bertz CT molecular complexity index is 430. The zero-order valence-electron chi connectivity index (χ0n) is 16.9. The second-order valence-electron chi connectivity index (χ2n) is 8.15. The molecule has 0 radical (unpaired) electrons. The maximum atomic E-state index is 11.6. The van der Waals surface area contributed by atoms with Gasteiger partial charge in [0.2, 0.25) is 5.91 Å². The van der Waals surface area contributed by atoms with Gasteiger partial charge in [-0.2, -0.15) is 0 Å². The Kier molecular flexibility index (Phi) is 9.25. The van der Waals surface area contributed by atoms with Crippen LogP contribution in [-0.2, 0) is 9.53 Å². The predicted molar refractivity (Wildman–Crippen MR) is 104 cm³/mol. The van der Waals surface area contributed by atoms with Gasteiger partial charge in [-0.1, -0.05) is 34.6 Å². The van der Waals surface area contributed by atoms with Crippen molar-refractivity contribution in [1.29, 1.82) is 0 Å². The highest BCUT2D eigenvalue weighted by atomic mass is 16.5. The van der Waals surface area contributed by atoms with Crippen molar-refractivity contribution in [3.8, 4) is 0 Å². The molecule has 1 heterocycles. The second-order valence-corrected chi connectivity index (χ2v) is 8.15. The van der Waals surface area contributed by atoms with Gasteiger partial charge in [0.1, 0.15) is 0 Å². The number of ether oxygens (including phenoxy) is 1. The SMILES string of the molecule is CCNC(=NCC1CCCOC1C(C)(C)C)NCCNC(=O)C(C)C. The second kappa shape index (κ2) is 10.6. The molecule has 0 aromatic heterocycles. The van der Waals surface area contributed by atoms with E-state index in [0.29, 0.717) is 19.0 Å². The molecule has 0 saturated carbocycles. The highest BCUT2D eigenvalue weighted by Crippen LogP contribution is 2.34. The Morgan fingerprint density at radius 1 is 1.20 bits per heavy atom. The molecule has 3 N–H and O–H groups in total. The Hall–Kier alpha value is -1.30. The van der Waals surface area contributed by atoms with Crippen molar-refractivity contribution >= 4 is 11.9 Å². The quantitative estimate of drug-likeness (QED) is 0.372. The largest absolute Gasteiger partial charge is 0.377 e. The minimum Gasteiger partial charge on any atom is -0.377 e. The average Bonchev–Trinajstić information content (AvgIpc) is 2.55. The average molecular weight is 355 g/mol. The maximum Gasteiger partial charge on any atom is 0.222 e. The number of hydrogen-bond acceptors (Lipinski definition) is 3. The van der Waals surface area contributed by atoms with Crippen molar-refractivity contribution in [2.75, 3.05) is 32.8 Å². The summed E-state index contributed by atoms with van der Waals surface area (Å²) in [6, 6.07) is 0. The van der Waals surface area contributed by atoms with E-state index in [0.717, 1.165) is 38.5 Å². The number of amides is 1. The lowest BCUT2D eigenvalue weighted by Gasteiger charge is -2.39. The summed E-state index contributed by atoms with van der Waals surface area (Å²) in [6.45, 7) is 16.2. The van der Waals surface area contributed by atoms with Crippen LogP contribution in [-0.4, -0.2) is 50.8 Å². The van der Waals surface area contributed by atoms with Crippen molar-refractivity contribution in [1.82, 2.24) is 16.0 Å². The first kappa shape index (κ1) is 21.7. The molecule has 2 unspecified atom stereocenters. The molecule has 25 heavy (non-hydrogen) atoms. The van der Waals surface area contributed by atoms with Crippen LogP contribution in [0.15, 0.2) is 4.99 Å². The molecule has 1 aliphatic rings. The summed E-state index contributed by atoms with van der Waals surface area (Å²) in [7, 11) is 0. The highest BCUT2D eigenvalue weighted by molar-refractivity contribution is 5.80. The molecule has 1 rings (SSSR count). The molecule has 0 spiro atoms. The Morgan fingerprint density at radius 3 is 2.48 bits per heavy atom. The van der Waals surface area contributed by atoms with E-state index < -0.39 is 0 Å². The molecule has 0 aromatic rings. The van der Waals surface area contributed by atoms with E-state index >= 15 is 0 Å². The molecular weight excluding hydrogens is 316 g/mol. The molecule has 1 saturated heterocycles. The molecule has 146 valence electrons. The van der Waals surface area contributed by atoms with E-state index in [9.17, 15) is 4.79 Å². The fraction of sp³-hybridized carbons (Fsp3) is 0.895. The number of guanidine groups is 1. The van der Waals surface area contributed by atoms with Crippen molar-refractivity contribution in [3.63, 3.8) is 0 Å². The van der Waals surface area contributed by atoms with Crippen molar-refractivity contribution in [3.05, 3.63) is 0 Å². The van der Waals surface area contributed by atoms with E-state index in [1.54, 1.807) is 0 Å². The lowest BCUT2D eigenvalue weighted by molar-refractivity contribution is -0.123. The summed E-state index contributed by atoms with van der Waals surface area (Å²) in [5.74, 6) is 1.35. The third-order valence-electron chi connectivity index (χ3n) is 4.37. The molecule has 1 amide bonds. The normalized spacial score (nSPS) is 22.0. The number of aliphatic imine (C=N–C) groups is 1. The monoisotopic (exact) mass is 354 g/mol. The summed E-state index contributed by atoms with van der Waals surface area (Å²) in [5.41, 5.74) is 0.132. The lowest BCUT2D eigenvalue weighted by Crippen LogP contribution is -2.44. The van der Waals surface area contributed by atoms with E-state index in [1.807, 2.05) is 13.8 Å². The molecule has 1 fully saturated rings. The van der Waals surface area contributed by atoms with Crippen LogP contribution in [0.2, 0.25) is 0 Å². The number of hydrogen-bond donors (Lipinski definition) is 3. The van der Waals surface area contributed by atoms with E-state index in [-0.39, 0.29) is 23.3 Å². The molecule has 6 heteroatoms. The Labute approximate surface area is 153 Å². The first-order valence-electron chi connectivity index (χ1n) is 9.67. The van der Waals surface area contributed by atoms with E-state index in [4.69, 9.17) is 9.73 Å². The Balaban J connectivity index is 2.52. The lowest BCUT2D eigenvalue weighted by atomic mass is 9.78. The van der Waals surface area contributed by atoms with Crippen LogP contribution in [0.3, 0.4) is 0 Å². The summed E-state index contributed by atoms with van der Waals surface area (Å²) >= 11 is 0. The fourth-order valence-corrected chi connectivity index (χ4v) is 3.11. The first-order valence-corrected chi connectivity index (χ1v) is 9.67. The predicted octanol–water partition coefficient (Wildman–Crippen LogP) is 2.16. The molecule has 0 bridgehead atoms. The zero-order chi connectivity index (χ0) is 18.9. The van der Waals surface area contributed by atoms with Crippen LogP contribution in [0.1, 0.15) is 54.4 Å². The van der Waals surface area contributed by atoms with Crippen LogP contribution in [0, 0.1) is 17.3 Å². The van der Waals surface area contributed by atoms with E-state index in [1.165, 1.54) is 0 Å². The number of rotatable bonds is 7. The fourth-order valence-electron chi connectivity index (χ4n) is 3.11. The minimum absolute atomic E-state index is 0.0162. The van der Waals surface area contributed by atoms with Gasteiger partial charge in [-0.3, -0.25) is 9.79 Å². The van der Waals surface area contributed by atoms with E-state index in [2.05, 4.69) is 43.6 Å². The summed E-state index contributed by atoms with van der Waals surface area (Å²) in [6.07, 6.45) is 2.52. The maximum absolute atomic E-state index is 11.6. The molecule has 1 aliphatic heterocycles. The zero-order valence-corrected chi connectivity index (χ0v) is 16.9. The van der Waals surface area contributed by atoms with Crippen molar-refractivity contribution < 1.29 is 9.53 Å². The molecule has 2 atom stereocenters. The topological polar surface area (TPSA) is 74.8 Å². The number of carbonyl (C=O) groups excluding carboxylic acids is 1. The Morgan fingerprint density at radius 2 is 1.88 bits per heavy atom. The van der Waals surface area contributed by atoms with Gasteiger partial charge in [-0.15, -0.1) is 0 Å². The number of nitrogens with one attached hydrogen (secondary N) is 3. The van der Waals surface area contributed by atoms with Crippen LogP contribution in [0.4, 0.5) is 0 Å². The van der Waals surface area contributed by atoms with Gasteiger partial charge < -0.3 is 20.7 Å². The van der Waals surface area contributed by atoms with Crippen LogP contribution in [0.5, 0.6) is 0 Å². The van der Waals surface area contributed by atoms with Gasteiger partial charge in [0.05, 0.1) is 6.10 Å². The molecule has 0 aromatic carbocycles. The molecule has 6 nitrogen and oxygen atoms in total. The smallest absolute Gasteiger partial charge is 0.222 e. The van der Waals surface area contributed by atoms with Crippen LogP contribution in [0.25, 0.3) is 0 Å². The van der Waals surface area contributed by atoms with Gasteiger partial charge in [0.25, 0.3) is 0 Å². The van der Waals surface area contributed by atoms with Gasteiger partial charge >= 0.3 is 0 Å². The summed E-state index contributed by atoms with van der Waals surface area (Å²) < 4.78 is 6.04. The third kappa shape index (κ3) is 8.08.